The molecule has 1 amide bonds. The minimum atomic E-state index is -4.06. The van der Waals surface area contributed by atoms with Gasteiger partial charge in [-0.1, -0.05) is 99.1 Å². The van der Waals surface area contributed by atoms with E-state index >= 15 is 0 Å². The van der Waals surface area contributed by atoms with Gasteiger partial charge in [0.05, 0.1) is 11.0 Å². The first-order chi connectivity index (χ1) is 15.9. The van der Waals surface area contributed by atoms with Gasteiger partial charge in [-0.05, 0) is 41.1 Å². The summed E-state index contributed by atoms with van der Waals surface area (Å²) in [5, 5.41) is 10.7. The number of aliphatic hydroxyl groups is 1. The first kappa shape index (κ1) is 31.5. The van der Waals surface area contributed by atoms with Gasteiger partial charge in [-0.15, -0.1) is 0 Å². The molecule has 8 heteroatoms. The number of amides is 1. The lowest BCUT2D eigenvalue weighted by Gasteiger charge is -2.43. The highest BCUT2D eigenvalue weighted by atomic mass is 32.2. The van der Waals surface area contributed by atoms with Crippen LogP contribution in [0.5, 0.6) is 0 Å². The van der Waals surface area contributed by atoms with Crippen molar-refractivity contribution in [3.63, 3.8) is 0 Å². The quantitative estimate of drug-likeness (QED) is 0.275. The third-order valence-corrected chi connectivity index (χ3v) is 14.3. The maximum Gasteiger partial charge on any atom is 0.265 e. The molecule has 6 nitrogen and oxygen atoms in total. The van der Waals surface area contributed by atoms with Crippen LogP contribution in [0.1, 0.15) is 74.8 Å². The van der Waals surface area contributed by atoms with Crippen LogP contribution in [-0.4, -0.2) is 40.0 Å². The smallest absolute Gasteiger partial charge is 0.265 e. The van der Waals surface area contributed by atoms with Crippen molar-refractivity contribution in [2.24, 2.45) is 11.3 Å². The van der Waals surface area contributed by atoms with Crippen molar-refractivity contribution in [3.8, 4) is 0 Å². The van der Waals surface area contributed by atoms with Crippen molar-refractivity contribution in [2.45, 2.75) is 110 Å². The molecule has 1 aromatic carbocycles. The van der Waals surface area contributed by atoms with E-state index in [2.05, 4.69) is 46.3 Å². The molecule has 0 heterocycles. The van der Waals surface area contributed by atoms with E-state index in [1.165, 1.54) is 12.1 Å². The maximum absolute atomic E-state index is 13.4. The molecule has 3 atom stereocenters. The van der Waals surface area contributed by atoms with Gasteiger partial charge in [0.15, 0.2) is 0 Å². The zero-order chi connectivity index (χ0) is 27.4. The predicted octanol–water partition coefficient (Wildman–Crippen LogP) is 5.96. The highest BCUT2D eigenvalue weighted by molar-refractivity contribution is 7.90. The van der Waals surface area contributed by atoms with Gasteiger partial charge >= 0.3 is 0 Å². The van der Waals surface area contributed by atoms with Gasteiger partial charge in [0.25, 0.3) is 15.9 Å². The first-order valence-electron chi connectivity index (χ1n) is 12.5. The molecule has 35 heavy (non-hydrogen) atoms. The predicted molar refractivity (Wildman–Crippen MR) is 146 cm³/mol. The maximum atomic E-state index is 13.4. The van der Waals surface area contributed by atoms with E-state index in [1.807, 2.05) is 34.6 Å². The molecule has 0 aliphatic carbocycles. The van der Waals surface area contributed by atoms with Crippen LogP contribution < -0.4 is 4.72 Å². The van der Waals surface area contributed by atoms with E-state index in [1.54, 1.807) is 24.3 Å². The molecule has 0 fully saturated rings. The molecule has 0 aliphatic rings. The Kier molecular flexibility index (Phi) is 11.0. The first-order valence-corrected chi connectivity index (χ1v) is 16.2. The Balaban J connectivity index is 3.43. The van der Waals surface area contributed by atoms with Crippen LogP contribution in [0.3, 0.4) is 0 Å². The Hall–Kier alpha value is -1.48. The number of carbonyl (C=O) groups excluding carboxylic acids is 1. The normalized spacial score (nSPS) is 16.2. The largest absolute Gasteiger partial charge is 0.401 e. The highest BCUT2D eigenvalue weighted by Gasteiger charge is 2.47. The van der Waals surface area contributed by atoms with E-state index in [9.17, 15) is 18.3 Å². The second-order valence-electron chi connectivity index (χ2n) is 11.7. The Morgan fingerprint density at radius 3 is 1.80 bits per heavy atom. The lowest BCUT2D eigenvalue weighted by molar-refractivity contribution is -0.124. The summed E-state index contributed by atoms with van der Waals surface area (Å²) in [5.41, 5.74) is 1.20. The lowest BCUT2D eigenvalue weighted by Crippen LogP contribution is -2.53. The Bertz CT molecular complexity index is 941. The Morgan fingerprint density at radius 2 is 1.40 bits per heavy atom. The molecule has 0 bridgehead atoms. The summed E-state index contributed by atoms with van der Waals surface area (Å²) < 4.78 is 34.9. The Morgan fingerprint density at radius 1 is 0.943 bits per heavy atom. The standard InChI is InChI=1S/C27H47NO5SSi/c1-18(2)35(19(3)4,20(5)6)33-24(17-14-22(8)25(29)27(9,10)11)26(30)28-34(31,32)23-15-12-21(7)13-16-23/h12-20,22,24-25,29H,1-11H3,(H,28,30)/b17-14-/t22-,24+,25-/m1/s1. The van der Waals surface area contributed by atoms with Crippen LogP contribution in [0.4, 0.5) is 0 Å². The number of aliphatic hydroxyl groups excluding tert-OH is 1. The van der Waals surface area contributed by atoms with Crippen LogP contribution in [0.15, 0.2) is 41.3 Å². The van der Waals surface area contributed by atoms with Gasteiger partial charge in [-0.2, -0.15) is 0 Å². The fourth-order valence-electron chi connectivity index (χ4n) is 4.95. The molecule has 2 N–H and O–H groups in total. The van der Waals surface area contributed by atoms with Gasteiger partial charge in [0, 0.05) is 5.92 Å². The minimum absolute atomic E-state index is 0.0239. The van der Waals surface area contributed by atoms with E-state index < -0.39 is 36.5 Å². The topological polar surface area (TPSA) is 92.7 Å². The highest BCUT2D eigenvalue weighted by Crippen LogP contribution is 2.43. The van der Waals surface area contributed by atoms with Crippen LogP contribution in [0.25, 0.3) is 0 Å². The number of sulfonamides is 1. The number of hydrogen-bond acceptors (Lipinski definition) is 5. The molecule has 0 spiro atoms. The summed E-state index contributed by atoms with van der Waals surface area (Å²) in [6, 6.07) is 6.34. The number of hydrogen-bond donors (Lipinski definition) is 2. The van der Waals surface area contributed by atoms with Crippen LogP contribution in [0, 0.1) is 18.3 Å². The van der Waals surface area contributed by atoms with E-state index in [-0.39, 0.29) is 32.9 Å². The average molecular weight is 526 g/mol. The van der Waals surface area contributed by atoms with Crippen molar-refractivity contribution in [2.75, 3.05) is 0 Å². The molecule has 0 saturated carbocycles. The molecule has 0 saturated heterocycles. The van der Waals surface area contributed by atoms with Crippen LogP contribution >= 0.6 is 0 Å². The molecule has 0 unspecified atom stereocenters. The van der Waals surface area contributed by atoms with Crippen molar-refractivity contribution >= 4 is 24.2 Å². The van der Waals surface area contributed by atoms with Gasteiger partial charge < -0.3 is 9.53 Å². The second-order valence-corrected chi connectivity index (χ2v) is 18.8. The summed E-state index contributed by atoms with van der Waals surface area (Å²) in [6.45, 7) is 22.3. The average Bonchev–Trinajstić information content (AvgIpc) is 2.71. The van der Waals surface area contributed by atoms with Crippen LogP contribution in [0.2, 0.25) is 16.6 Å². The summed E-state index contributed by atoms with van der Waals surface area (Å²) in [4.78, 5) is 13.4. The van der Waals surface area contributed by atoms with Crippen LogP contribution in [-0.2, 0) is 19.2 Å². The summed E-state index contributed by atoms with van der Waals surface area (Å²) in [6.07, 6.45) is 1.65. The lowest BCUT2D eigenvalue weighted by atomic mass is 9.82. The monoisotopic (exact) mass is 525 g/mol. The molecule has 200 valence electrons. The fourth-order valence-corrected chi connectivity index (χ4v) is 11.4. The Labute approximate surface area is 214 Å². The number of nitrogens with one attached hydrogen (secondary N) is 1. The summed E-state index contributed by atoms with van der Waals surface area (Å²) in [5.74, 6) is -0.978. The van der Waals surface area contributed by atoms with Gasteiger partial charge in [0.2, 0.25) is 8.32 Å². The zero-order valence-corrected chi connectivity index (χ0v) is 25.2. The van der Waals surface area contributed by atoms with Crippen molar-refractivity contribution in [3.05, 3.63) is 42.0 Å². The molecular formula is C27H47NO5SSi. The third-order valence-electron chi connectivity index (χ3n) is 6.84. The van der Waals surface area contributed by atoms with Gasteiger partial charge in [-0.25, -0.2) is 13.1 Å². The molecule has 0 aliphatic heterocycles. The molecule has 0 radical (unpaired) electrons. The van der Waals surface area contributed by atoms with E-state index in [0.717, 1.165) is 5.56 Å². The van der Waals surface area contributed by atoms with Gasteiger partial charge in [-0.3, -0.25) is 4.79 Å². The van der Waals surface area contributed by atoms with Gasteiger partial charge in [0.1, 0.15) is 6.10 Å². The molecule has 1 aromatic rings. The number of carbonyl (C=O) groups is 1. The van der Waals surface area contributed by atoms with Crippen molar-refractivity contribution in [1.29, 1.82) is 0 Å². The summed E-state index contributed by atoms with van der Waals surface area (Å²) in [7, 11) is -6.58. The van der Waals surface area contributed by atoms with E-state index in [4.69, 9.17) is 4.43 Å². The summed E-state index contributed by atoms with van der Waals surface area (Å²) >= 11 is 0. The number of benzene rings is 1. The number of rotatable bonds is 11. The van der Waals surface area contributed by atoms with Crippen molar-refractivity contribution < 1.29 is 22.7 Å². The minimum Gasteiger partial charge on any atom is -0.401 e. The molecular weight excluding hydrogens is 478 g/mol. The van der Waals surface area contributed by atoms with Crippen molar-refractivity contribution in [1.82, 2.24) is 4.72 Å². The second kappa shape index (κ2) is 12.2. The third kappa shape index (κ3) is 8.00. The fraction of sp³-hybridized carbons (Fsp3) is 0.667. The zero-order valence-electron chi connectivity index (χ0n) is 23.4. The molecule has 0 aromatic heterocycles. The SMILES string of the molecule is Cc1ccc(S(=O)(=O)NC(=O)[C@H](/C=C\[C@@H](C)[C@@H](O)C(C)(C)C)O[Si](C(C)C)(C(C)C)C(C)C)cc1. The number of aryl methyl sites for hydroxylation is 1. The molecule has 1 rings (SSSR count). The van der Waals surface area contributed by atoms with E-state index in [0.29, 0.717) is 0 Å².